The molecule has 0 aliphatic rings. The number of carbonyl (C=O) groups is 1. The van der Waals surface area contributed by atoms with Crippen molar-refractivity contribution in [2.24, 2.45) is 0 Å². The number of alkyl halides is 3. The van der Waals surface area contributed by atoms with Gasteiger partial charge in [-0.25, -0.2) is 0 Å². The first-order chi connectivity index (χ1) is 13.1. The van der Waals surface area contributed by atoms with Crippen molar-refractivity contribution in [1.29, 1.82) is 0 Å². The first-order valence-corrected chi connectivity index (χ1v) is 13.4. The Morgan fingerprint density at radius 3 is 2.17 bits per heavy atom. The fourth-order valence-electron chi connectivity index (χ4n) is 3.49. The van der Waals surface area contributed by atoms with Gasteiger partial charge in [-0.3, -0.25) is 4.79 Å². The Labute approximate surface area is 180 Å². The maximum Gasteiger partial charge on any atom is 0.416 e. The number of benzene rings is 1. The summed E-state index contributed by atoms with van der Waals surface area (Å²) < 4.78 is 59.9. The third kappa shape index (κ3) is 6.99. The molecule has 1 aromatic rings. The van der Waals surface area contributed by atoms with E-state index in [2.05, 4.69) is 20.7 Å². The summed E-state index contributed by atoms with van der Waals surface area (Å²) in [6, 6.07) is 5.24. The highest BCUT2D eigenvalue weighted by Gasteiger charge is 2.59. The first-order valence-electron chi connectivity index (χ1n) is 9.25. The van der Waals surface area contributed by atoms with Crippen LogP contribution in [0.25, 0.3) is 0 Å². The lowest BCUT2D eigenvalue weighted by Gasteiger charge is -2.45. The van der Waals surface area contributed by atoms with Gasteiger partial charge in [0.2, 0.25) is 0 Å². The molecular formula is C20H30BrF3O4Si. The van der Waals surface area contributed by atoms with Crippen LogP contribution in [0.1, 0.15) is 38.7 Å². The summed E-state index contributed by atoms with van der Waals surface area (Å²) in [6.07, 6.45) is -5.92. The molecule has 9 heteroatoms. The molecule has 0 radical (unpaired) electrons. The van der Waals surface area contributed by atoms with E-state index in [0.29, 0.717) is 11.3 Å². The highest BCUT2D eigenvalue weighted by atomic mass is 79.9. The van der Waals surface area contributed by atoms with Gasteiger partial charge in [0, 0.05) is 16.5 Å². The molecule has 0 N–H and O–H groups in total. The molecule has 1 aromatic carbocycles. The molecule has 0 amide bonds. The Morgan fingerprint density at radius 2 is 1.72 bits per heavy atom. The molecule has 0 aliphatic heterocycles. The molecule has 0 aromatic heterocycles. The van der Waals surface area contributed by atoms with Crippen molar-refractivity contribution in [3.05, 3.63) is 28.2 Å². The Balaban J connectivity index is 3.51. The lowest BCUT2D eigenvalue weighted by atomic mass is 9.73. The Kier molecular flexibility index (Phi) is 8.41. The van der Waals surface area contributed by atoms with Gasteiger partial charge in [-0.2, -0.15) is 13.2 Å². The summed E-state index contributed by atoms with van der Waals surface area (Å²) in [5, 5.41) is 0. The van der Waals surface area contributed by atoms with E-state index in [4.69, 9.17) is 9.16 Å². The number of halogens is 4. The molecule has 29 heavy (non-hydrogen) atoms. The minimum atomic E-state index is -4.67. The van der Waals surface area contributed by atoms with E-state index in [1.807, 2.05) is 0 Å². The standard InChI is InChI=1S/C20H30BrF3O4Si/c1-18(2,15-12-14(21)8-9-16(15)26-3)13-19(20(22,23)24,28-29(5,6)7)11-10-17(25)27-4/h8-9,12H,10-11,13H2,1-7H3/t19-/m0/s1. The predicted molar refractivity (Wildman–Crippen MR) is 113 cm³/mol. The molecule has 0 spiro atoms. The second kappa shape index (κ2) is 9.39. The van der Waals surface area contributed by atoms with E-state index in [9.17, 15) is 18.0 Å². The number of carbonyl (C=O) groups excluding carboxylic acids is 1. The average Bonchev–Trinajstić information content (AvgIpc) is 2.56. The summed E-state index contributed by atoms with van der Waals surface area (Å²) in [5.41, 5.74) is -2.82. The third-order valence-corrected chi connectivity index (χ3v) is 6.09. The van der Waals surface area contributed by atoms with Crippen molar-refractivity contribution >= 4 is 30.2 Å². The number of hydrogen-bond donors (Lipinski definition) is 0. The van der Waals surface area contributed by atoms with Gasteiger partial charge in [-0.1, -0.05) is 29.8 Å². The molecule has 4 nitrogen and oxygen atoms in total. The Hall–Kier alpha value is -1.06. The summed E-state index contributed by atoms with van der Waals surface area (Å²) >= 11 is 3.38. The fraction of sp³-hybridized carbons (Fsp3) is 0.650. The van der Waals surface area contributed by atoms with Crippen LogP contribution in [0.15, 0.2) is 22.7 Å². The largest absolute Gasteiger partial charge is 0.496 e. The van der Waals surface area contributed by atoms with Gasteiger partial charge in [0.25, 0.3) is 0 Å². The van der Waals surface area contributed by atoms with E-state index >= 15 is 0 Å². The SMILES string of the molecule is COC(=O)CC[C@@](CC(C)(C)c1cc(Br)ccc1OC)(O[Si](C)(C)C)C(F)(F)F. The topological polar surface area (TPSA) is 44.8 Å². The van der Waals surface area contributed by atoms with Crippen LogP contribution in [-0.4, -0.2) is 40.3 Å². The maximum atomic E-state index is 14.5. The van der Waals surface area contributed by atoms with Gasteiger partial charge < -0.3 is 13.9 Å². The molecule has 0 heterocycles. The van der Waals surface area contributed by atoms with Crippen LogP contribution in [-0.2, 0) is 19.4 Å². The number of hydrogen-bond acceptors (Lipinski definition) is 4. The lowest BCUT2D eigenvalue weighted by Crippen LogP contribution is -2.56. The smallest absolute Gasteiger partial charge is 0.416 e. The highest BCUT2D eigenvalue weighted by molar-refractivity contribution is 9.10. The number of rotatable bonds is 9. The first kappa shape index (κ1) is 26.0. The van der Waals surface area contributed by atoms with Crippen molar-refractivity contribution in [1.82, 2.24) is 0 Å². The van der Waals surface area contributed by atoms with Crippen LogP contribution in [0.3, 0.4) is 0 Å². The summed E-state index contributed by atoms with van der Waals surface area (Å²) in [7, 11) is 0.0110. The van der Waals surface area contributed by atoms with E-state index < -0.39 is 37.9 Å². The Bertz CT molecular complexity index is 717. The summed E-state index contributed by atoms with van der Waals surface area (Å²) in [4.78, 5) is 11.7. The van der Waals surface area contributed by atoms with Crippen LogP contribution < -0.4 is 4.74 Å². The number of methoxy groups -OCH3 is 2. The van der Waals surface area contributed by atoms with Crippen LogP contribution in [0.4, 0.5) is 13.2 Å². The number of esters is 1. The molecule has 166 valence electrons. The van der Waals surface area contributed by atoms with Gasteiger partial charge in [-0.15, -0.1) is 0 Å². The average molecular weight is 499 g/mol. The second-order valence-electron chi connectivity index (χ2n) is 8.69. The second-order valence-corrected chi connectivity index (χ2v) is 14.0. The van der Waals surface area contributed by atoms with Crippen LogP contribution in [0.2, 0.25) is 19.6 Å². The van der Waals surface area contributed by atoms with Gasteiger partial charge in [-0.05, 0) is 56.1 Å². The molecule has 0 fully saturated rings. The van der Waals surface area contributed by atoms with E-state index in [0.717, 1.165) is 11.6 Å². The Morgan fingerprint density at radius 1 is 1.14 bits per heavy atom. The van der Waals surface area contributed by atoms with Crippen molar-refractivity contribution in [2.75, 3.05) is 14.2 Å². The molecule has 0 saturated carbocycles. The van der Waals surface area contributed by atoms with Gasteiger partial charge in [0.1, 0.15) is 5.75 Å². The maximum absolute atomic E-state index is 14.5. The normalized spacial score (nSPS) is 15.0. The lowest BCUT2D eigenvalue weighted by molar-refractivity contribution is -0.261. The van der Waals surface area contributed by atoms with Crippen molar-refractivity contribution < 1.29 is 31.9 Å². The van der Waals surface area contributed by atoms with Crippen LogP contribution in [0, 0.1) is 0 Å². The minimum absolute atomic E-state index is 0.364. The van der Waals surface area contributed by atoms with Gasteiger partial charge in [0.05, 0.1) is 14.2 Å². The van der Waals surface area contributed by atoms with E-state index in [-0.39, 0.29) is 12.8 Å². The van der Waals surface area contributed by atoms with Crippen molar-refractivity contribution in [3.8, 4) is 5.75 Å². The van der Waals surface area contributed by atoms with Gasteiger partial charge >= 0.3 is 12.1 Å². The third-order valence-electron chi connectivity index (χ3n) is 4.60. The monoisotopic (exact) mass is 498 g/mol. The van der Waals surface area contributed by atoms with Crippen molar-refractivity contribution in [3.63, 3.8) is 0 Å². The predicted octanol–water partition coefficient (Wildman–Crippen LogP) is 6.23. The summed E-state index contributed by atoms with van der Waals surface area (Å²) in [5.74, 6) is -0.203. The molecule has 0 saturated heterocycles. The molecule has 0 unspecified atom stereocenters. The molecule has 1 rings (SSSR count). The zero-order chi connectivity index (χ0) is 22.7. The summed E-state index contributed by atoms with van der Waals surface area (Å²) in [6.45, 7) is 8.57. The van der Waals surface area contributed by atoms with E-state index in [1.165, 1.54) is 7.11 Å². The van der Waals surface area contributed by atoms with Gasteiger partial charge in [0.15, 0.2) is 13.9 Å². The van der Waals surface area contributed by atoms with Crippen molar-refractivity contribution in [2.45, 2.75) is 69.9 Å². The molecule has 0 aliphatic carbocycles. The fourth-order valence-corrected chi connectivity index (χ4v) is 5.31. The zero-order valence-corrected chi connectivity index (χ0v) is 20.6. The van der Waals surface area contributed by atoms with Crippen LogP contribution >= 0.6 is 15.9 Å². The zero-order valence-electron chi connectivity index (χ0n) is 18.0. The highest BCUT2D eigenvalue weighted by Crippen LogP contribution is 2.49. The molecule has 0 bridgehead atoms. The molecular weight excluding hydrogens is 469 g/mol. The van der Waals surface area contributed by atoms with E-state index in [1.54, 1.807) is 51.7 Å². The number of ether oxygens (including phenoxy) is 2. The minimum Gasteiger partial charge on any atom is -0.496 e. The molecule has 1 atom stereocenters. The van der Waals surface area contributed by atoms with Crippen LogP contribution in [0.5, 0.6) is 5.75 Å². The quantitative estimate of drug-likeness (QED) is 0.299.